The standard InChI is InChI=1S/C18H17OSi/c1-4-18(5-2,19-20)17-13-9-8-12-16(17)15-11-7-6-10-14(15)3/h4-13H,1-2H2,3H3. The molecule has 3 radical (unpaired) electrons. The first-order valence-electron chi connectivity index (χ1n) is 6.46. The molecule has 2 heteroatoms. The maximum atomic E-state index is 5.49. The summed E-state index contributed by atoms with van der Waals surface area (Å²) in [4.78, 5) is 0. The zero-order valence-corrected chi connectivity index (χ0v) is 12.6. The maximum Gasteiger partial charge on any atom is 0.248 e. The third-order valence-corrected chi connectivity index (χ3v) is 3.90. The lowest BCUT2D eigenvalue weighted by molar-refractivity contribution is 0.194. The Morgan fingerprint density at radius 3 is 2.05 bits per heavy atom. The first kappa shape index (κ1) is 14.5. The average Bonchev–Trinajstić information content (AvgIpc) is 2.51. The van der Waals surface area contributed by atoms with E-state index in [0.29, 0.717) is 0 Å². The third kappa shape index (κ3) is 2.40. The highest BCUT2D eigenvalue weighted by molar-refractivity contribution is 5.98. The van der Waals surface area contributed by atoms with Crippen LogP contribution in [-0.2, 0) is 10.0 Å². The Labute approximate surface area is 124 Å². The van der Waals surface area contributed by atoms with Crippen molar-refractivity contribution in [3.63, 3.8) is 0 Å². The van der Waals surface area contributed by atoms with E-state index in [1.165, 1.54) is 11.1 Å². The van der Waals surface area contributed by atoms with Gasteiger partial charge in [0, 0.05) is 0 Å². The van der Waals surface area contributed by atoms with Crippen LogP contribution in [0.2, 0.25) is 0 Å². The summed E-state index contributed by atoms with van der Waals surface area (Å²) in [5.41, 5.74) is 3.77. The van der Waals surface area contributed by atoms with Crippen LogP contribution in [0, 0.1) is 6.92 Å². The Kier molecular flexibility index (Phi) is 4.38. The molecule has 2 aromatic carbocycles. The van der Waals surface area contributed by atoms with Gasteiger partial charge in [-0.05, 0) is 29.2 Å². The number of hydrogen-bond donors (Lipinski definition) is 0. The van der Waals surface area contributed by atoms with E-state index >= 15 is 0 Å². The smallest absolute Gasteiger partial charge is 0.248 e. The third-order valence-electron chi connectivity index (χ3n) is 3.56. The van der Waals surface area contributed by atoms with E-state index < -0.39 is 5.60 Å². The fourth-order valence-electron chi connectivity index (χ4n) is 2.38. The minimum atomic E-state index is -0.754. The Morgan fingerprint density at radius 2 is 1.50 bits per heavy atom. The van der Waals surface area contributed by atoms with Crippen molar-refractivity contribution in [2.75, 3.05) is 0 Å². The van der Waals surface area contributed by atoms with Crippen molar-refractivity contribution in [1.82, 2.24) is 0 Å². The lowest BCUT2D eigenvalue weighted by Gasteiger charge is -2.29. The zero-order valence-electron chi connectivity index (χ0n) is 11.6. The van der Waals surface area contributed by atoms with Crippen molar-refractivity contribution in [3.05, 3.63) is 85.0 Å². The van der Waals surface area contributed by atoms with Crippen LogP contribution in [0.4, 0.5) is 0 Å². The normalized spacial score (nSPS) is 11.1. The SMILES string of the molecule is C=CC(C=C)(O[Si])c1ccccc1-c1ccccc1C. The van der Waals surface area contributed by atoms with Crippen molar-refractivity contribution in [3.8, 4) is 11.1 Å². The summed E-state index contributed by atoms with van der Waals surface area (Å²) in [5.74, 6) is 0. The number of hydrogen-bond acceptors (Lipinski definition) is 1. The fourth-order valence-corrected chi connectivity index (χ4v) is 2.65. The quantitative estimate of drug-likeness (QED) is 0.584. The first-order valence-corrected chi connectivity index (χ1v) is 6.87. The molecule has 0 aliphatic carbocycles. The second-order valence-electron chi connectivity index (χ2n) is 4.66. The van der Waals surface area contributed by atoms with E-state index in [9.17, 15) is 0 Å². The summed E-state index contributed by atoms with van der Waals surface area (Å²) >= 11 is 0. The van der Waals surface area contributed by atoms with Crippen molar-refractivity contribution in [2.45, 2.75) is 12.5 Å². The lowest BCUT2D eigenvalue weighted by Crippen LogP contribution is -2.24. The largest absolute Gasteiger partial charge is 0.402 e. The Hall–Kier alpha value is -1.90. The topological polar surface area (TPSA) is 9.23 Å². The molecule has 0 bridgehead atoms. The van der Waals surface area contributed by atoms with Crippen LogP contribution in [0.15, 0.2) is 73.8 Å². The van der Waals surface area contributed by atoms with Crippen molar-refractivity contribution >= 4 is 10.5 Å². The van der Waals surface area contributed by atoms with Crippen LogP contribution in [-0.4, -0.2) is 10.5 Å². The van der Waals surface area contributed by atoms with Gasteiger partial charge in [0.25, 0.3) is 0 Å². The molecule has 0 saturated carbocycles. The molecule has 0 spiro atoms. The van der Waals surface area contributed by atoms with Gasteiger partial charge >= 0.3 is 0 Å². The minimum Gasteiger partial charge on any atom is -0.402 e. The summed E-state index contributed by atoms with van der Waals surface area (Å²) < 4.78 is 5.49. The number of benzene rings is 2. The highest BCUT2D eigenvalue weighted by Gasteiger charge is 2.27. The van der Waals surface area contributed by atoms with E-state index in [-0.39, 0.29) is 0 Å². The number of rotatable bonds is 5. The van der Waals surface area contributed by atoms with Crippen LogP contribution >= 0.6 is 0 Å². The van der Waals surface area contributed by atoms with Gasteiger partial charge in [-0.2, -0.15) is 0 Å². The van der Waals surface area contributed by atoms with Crippen LogP contribution in [0.5, 0.6) is 0 Å². The molecule has 2 rings (SSSR count). The van der Waals surface area contributed by atoms with Crippen LogP contribution in [0.1, 0.15) is 11.1 Å². The first-order chi connectivity index (χ1) is 9.68. The molecule has 1 nitrogen and oxygen atoms in total. The Morgan fingerprint density at radius 1 is 0.950 bits per heavy atom. The number of aryl methyl sites for hydroxylation is 1. The molecule has 0 heterocycles. The highest BCUT2D eigenvalue weighted by Crippen LogP contribution is 2.36. The van der Waals surface area contributed by atoms with Crippen molar-refractivity contribution in [2.24, 2.45) is 0 Å². The molecular formula is C18H17OSi. The molecule has 0 aromatic heterocycles. The van der Waals surface area contributed by atoms with Crippen LogP contribution < -0.4 is 0 Å². The second kappa shape index (κ2) is 6.03. The van der Waals surface area contributed by atoms with Crippen molar-refractivity contribution in [1.29, 1.82) is 0 Å². The van der Waals surface area contributed by atoms with Gasteiger partial charge < -0.3 is 4.43 Å². The monoisotopic (exact) mass is 277 g/mol. The summed E-state index contributed by atoms with van der Waals surface area (Å²) in [7, 11) is 3.17. The van der Waals surface area contributed by atoms with Gasteiger partial charge in [-0.15, -0.1) is 0 Å². The van der Waals surface area contributed by atoms with Gasteiger partial charge in [0.05, 0.1) is 0 Å². The van der Waals surface area contributed by atoms with Gasteiger partial charge in [-0.1, -0.05) is 73.8 Å². The molecule has 99 valence electrons. The van der Waals surface area contributed by atoms with Crippen LogP contribution in [0.25, 0.3) is 11.1 Å². The lowest BCUT2D eigenvalue weighted by atomic mass is 9.86. The Balaban J connectivity index is 2.72. The van der Waals surface area contributed by atoms with Gasteiger partial charge in [0.2, 0.25) is 10.5 Å². The predicted octanol–water partition coefficient (Wildman–Crippen LogP) is 4.33. The van der Waals surface area contributed by atoms with E-state index in [0.717, 1.165) is 11.1 Å². The highest BCUT2D eigenvalue weighted by atomic mass is 28.2. The minimum absolute atomic E-state index is 0.754. The zero-order chi connectivity index (χ0) is 14.6. The predicted molar refractivity (Wildman–Crippen MR) is 85.5 cm³/mol. The summed E-state index contributed by atoms with van der Waals surface area (Å²) in [6.07, 6.45) is 3.48. The molecule has 0 aliphatic heterocycles. The molecule has 0 N–H and O–H groups in total. The molecule has 0 aliphatic rings. The van der Waals surface area contributed by atoms with Crippen molar-refractivity contribution < 1.29 is 4.43 Å². The Bertz CT molecular complexity index is 623. The summed E-state index contributed by atoms with van der Waals surface area (Å²) in [6.45, 7) is 9.86. The van der Waals surface area contributed by atoms with E-state index in [2.05, 4.69) is 48.8 Å². The fraction of sp³-hybridized carbons (Fsp3) is 0.111. The molecule has 0 atom stereocenters. The molecule has 0 saturated heterocycles. The van der Waals surface area contributed by atoms with E-state index in [4.69, 9.17) is 4.43 Å². The maximum absolute atomic E-state index is 5.49. The summed E-state index contributed by atoms with van der Waals surface area (Å²) in [6, 6.07) is 16.4. The molecule has 0 unspecified atom stereocenters. The second-order valence-corrected chi connectivity index (χ2v) is 4.87. The van der Waals surface area contributed by atoms with Crippen LogP contribution in [0.3, 0.4) is 0 Å². The van der Waals surface area contributed by atoms with E-state index in [1.807, 2.05) is 30.3 Å². The van der Waals surface area contributed by atoms with Gasteiger partial charge in [-0.25, -0.2) is 0 Å². The molecule has 20 heavy (non-hydrogen) atoms. The average molecular weight is 277 g/mol. The summed E-state index contributed by atoms with van der Waals surface area (Å²) in [5, 5.41) is 0. The molecular weight excluding hydrogens is 260 g/mol. The van der Waals surface area contributed by atoms with E-state index in [1.54, 1.807) is 12.2 Å². The van der Waals surface area contributed by atoms with Gasteiger partial charge in [-0.3, -0.25) is 0 Å². The van der Waals surface area contributed by atoms with Gasteiger partial charge in [0.1, 0.15) is 5.60 Å². The van der Waals surface area contributed by atoms with Gasteiger partial charge in [0.15, 0.2) is 0 Å². The molecule has 2 aromatic rings. The molecule has 0 amide bonds. The molecule has 0 fully saturated rings.